The summed E-state index contributed by atoms with van der Waals surface area (Å²) in [6.07, 6.45) is 0. The zero-order valence-electron chi connectivity index (χ0n) is 21.2. The number of ketones is 1. The number of aromatic nitrogens is 1. The summed E-state index contributed by atoms with van der Waals surface area (Å²) < 4.78 is 12.0. The molecule has 0 unspecified atom stereocenters. The number of methoxy groups -OCH3 is 2. The third kappa shape index (κ3) is 4.24. The predicted molar refractivity (Wildman–Crippen MR) is 149 cm³/mol. The Balaban J connectivity index is 1.58. The molecule has 0 radical (unpaired) electrons. The lowest BCUT2D eigenvalue weighted by molar-refractivity contribution is 0.103. The number of fused-ring (bicyclic) bond motifs is 1. The van der Waals surface area contributed by atoms with E-state index in [1.54, 1.807) is 31.3 Å². The Labute approximate surface area is 219 Å². The molecular weight excluding hydrogens is 480 g/mol. The van der Waals surface area contributed by atoms with E-state index in [0.29, 0.717) is 22.4 Å². The molecule has 5 rings (SSSR count). The van der Waals surface area contributed by atoms with Crippen LogP contribution in [0.1, 0.15) is 15.9 Å². The molecular formula is C31H26N2O5. The van der Waals surface area contributed by atoms with Crippen LogP contribution in [0.5, 0.6) is 17.2 Å². The summed E-state index contributed by atoms with van der Waals surface area (Å²) in [4.78, 5) is 28.8. The Morgan fingerprint density at radius 3 is 1.79 bits per heavy atom. The number of ether oxygens (including phenoxy) is 2. The summed E-state index contributed by atoms with van der Waals surface area (Å²) in [6.45, 7) is 0. The Morgan fingerprint density at radius 2 is 1.26 bits per heavy atom. The number of hydrogen-bond donors (Lipinski definition) is 1. The molecule has 0 aliphatic heterocycles. The van der Waals surface area contributed by atoms with Gasteiger partial charge in [-0.15, -0.1) is 0 Å². The van der Waals surface area contributed by atoms with E-state index in [4.69, 9.17) is 9.47 Å². The number of nitrogens with zero attached hydrogens (tertiary/aromatic N) is 2. The lowest BCUT2D eigenvalue weighted by Crippen LogP contribution is -2.25. The summed E-state index contributed by atoms with van der Waals surface area (Å²) >= 11 is 0. The summed E-state index contributed by atoms with van der Waals surface area (Å²) in [6, 6.07) is 29.9. The maximum Gasteiger partial charge on any atom is 0.265 e. The molecule has 4 aromatic carbocycles. The van der Waals surface area contributed by atoms with E-state index in [9.17, 15) is 14.7 Å². The first kappa shape index (κ1) is 24.6. The number of aromatic hydroxyl groups is 1. The van der Waals surface area contributed by atoms with Crippen LogP contribution in [0.15, 0.2) is 102 Å². The van der Waals surface area contributed by atoms with Gasteiger partial charge in [0.25, 0.3) is 5.56 Å². The number of hydrogen-bond acceptors (Lipinski definition) is 6. The van der Waals surface area contributed by atoms with Crippen molar-refractivity contribution in [2.24, 2.45) is 7.05 Å². The van der Waals surface area contributed by atoms with Gasteiger partial charge in [-0.1, -0.05) is 36.4 Å². The van der Waals surface area contributed by atoms with Gasteiger partial charge in [0.05, 0.1) is 19.7 Å². The normalized spacial score (nSPS) is 10.8. The number of para-hydroxylation sites is 2. The van der Waals surface area contributed by atoms with Gasteiger partial charge >= 0.3 is 0 Å². The number of aryl methyl sites for hydroxylation is 1. The predicted octanol–water partition coefficient (Wildman–Crippen LogP) is 5.96. The van der Waals surface area contributed by atoms with Crippen molar-refractivity contribution in [2.75, 3.05) is 19.1 Å². The molecule has 190 valence electrons. The van der Waals surface area contributed by atoms with Crippen LogP contribution in [-0.4, -0.2) is 29.7 Å². The number of anilines is 3. The van der Waals surface area contributed by atoms with Crippen molar-refractivity contribution in [3.63, 3.8) is 0 Å². The van der Waals surface area contributed by atoms with E-state index >= 15 is 0 Å². The highest BCUT2D eigenvalue weighted by atomic mass is 16.5. The first-order chi connectivity index (χ1) is 18.4. The Morgan fingerprint density at radius 1 is 0.763 bits per heavy atom. The topological polar surface area (TPSA) is 81.0 Å². The van der Waals surface area contributed by atoms with Gasteiger partial charge in [-0.3, -0.25) is 9.59 Å². The summed E-state index contributed by atoms with van der Waals surface area (Å²) in [7, 11) is 4.51. The van der Waals surface area contributed by atoms with Crippen LogP contribution in [0.2, 0.25) is 0 Å². The SMILES string of the molecule is COc1cc2c(O)c(C(=O)c3ccc(N(c4ccccc4)c4ccccc4)cc3)c(=O)n(C)c2cc1OC. The van der Waals surface area contributed by atoms with Gasteiger partial charge in [-0.25, -0.2) is 0 Å². The van der Waals surface area contributed by atoms with Crippen molar-refractivity contribution < 1.29 is 19.4 Å². The monoisotopic (exact) mass is 506 g/mol. The molecule has 7 heteroatoms. The summed E-state index contributed by atoms with van der Waals surface area (Å²) in [5, 5.41) is 11.4. The fraction of sp³-hybridized carbons (Fsp3) is 0.0968. The van der Waals surface area contributed by atoms with Gasteiger partial charge < -0.3 is 24.0 Å². The van der Waals surface area contributed by atoms with Crippen LogP contribution in [0.25, 0.3) is 10.9 Å². The number of carbonyl (C=O) groups is 1. The van der Waals surface area contributed by atoms with Crippen LogP contribution in [0.3, 0.4) is 0 Å². The van der Waals surface area contributed by atoms with Gasteiger partial charge in [-0.05, 0) is 54.6 Å². The van der Waals surface area contributed by atoms with Crippen molar-refractivity contribution >= 4 is 33.7 Å². The third-order valence-electron chi connectivity index (χ3n) is 6.52. The van der Waals surface area contributed by atoms with E-state index in [1.165, 1.54) is 18.8 Å². The molecule has 1 heterocycles. The number of pyridine rings is 1. The van der Waals surface area contributed by atoms with Crippen molar-refractivity contribution in [1.29, 1.82) is 0 Å². The van der Waals surface area contributed by atoms with E-state index in [0.717, 1.165) is 17.1 Å². The second-order valence-electron chi connectivity index (χ2n) is 8.69. The minimum absolute atomic E-state index is 0.280. The van der Waals surface area contributed by atoms with Crippen molar-refractivity contribution in [3.8, 4) is 17.2 Å². The number of rotatable bonds is 7. The zero-order valence-corrected chi connectivity index (χ0v) is 21.2. The highest BCUT2D eigenvalue weighted by molar-refractivity contribution is 6.13. The fourth-order valence-corrected chi connectivity index (χ4v) is 4.56. The molecule has 5 aromatic rings. The molecule has 1 aromatic heterocycles. The Bertz CT molecular complexity index is 1640. The molecule has 0 amide bonds. The third-order valence-corrected chi connectivity index (χ3v) is 6.52. The van der Waals surface area contributed by atoms with Gasteiger partial charge in [0.2, 0.25) is 5.78 Å². The molecule has 38 heavy (non-hydrogen) atoms. The Kier molecular flexibility index (Phi) is 6.58. The van der Waals surface area contributed by atoms with E-state index in [1.807, 2.05) is 72.8 Å². The average molecular weight is 507 g/mol. The zero-order chi connectivity index (χ0) is 26.8. The molecule has 0 spiro atoms. The molecule has 0 aliphatic carbocycles. The summed E-state index contributed by atoms with van der Waals surface area (Å²) in [5.74, 6) is -0.185. The van der Waals surface area contributed by atoms with Gasteiger partial charge in [0.15, 0.2) is 11.5 Å². The van der Waals surface area contributed by atoms with Crippen LogP contribution in [0.4, 0.5) is 17.1 Å². The quantitative estimate of drug-likeness (QED) is 0.274. The highest BCUT2D eigenvalue weighted by Gasteiger charge is 2.24. The van der Waals surface area contributed by atoms with Crippen molar-refractivity contribution in [3.05, 3.63) is 119 Å². The Hall–Kier alpha value is -5.04. The maximum absolute atomic E-state index is 13.5. The van der Waals surface area contributed by atoms with Crippen LogP contribution in [-0.2, 0) is 7.05 Å². The molecule has 7 nitrogen and oxygen atoms in total. The molecule has 0 fully saturated rings. The van der Waals surface area contributed by atoms with Crippen molar-refractivity contribution in [1.82, 2.24) is 4.57 Å². The minimum Gasteiger partial charge on any atom is -0.506 e. The van der Waals surface area contributed by atoms with Gasteiger partial charge in [-0.2, -0.15) is 0 Å². The molecule has 0 saturated carbocycles. The molecule has 1 N–H and O–H groups in total. The van der Waals surface area contributed by atoms with Crippen molar-refractivity contribution in [2.45, 2.75) is 0 Å². The lowest BCUT2D eigenvalue weighted by atomic mass is 10.0. The first-order valence-corrected chi connectivity index (χ1v) is 12.0. The number of carbonyl (C=O) groups excluding carboxylic acids is 1. The van der Waals surface area contributed by atoms with Crippen LogP contribution < -0.4 is 19.9 Å². The number of benzene rings is 4. The molecule has 0 bridgehead atoms. The first-order valence-electron chi connectivity index (χ1n) is 12.0. The van der Waals surface area contributed by atoms with Crippen LogP contribution >= 0.6 is 0 Å². The highest BCUT2D eigenvalue weighted by Crippen LogP contribution is 2.37. The second-order valence-corrected chi connectivity index (χ2v) is 8.69. The smallest absolute Gasteiger partial charge is 0.265 e. The van der Waals surface area contributed by atoms with E-state index in [2.05, 4.69) is 4.90 Å². The van der Waals surface area contributed by atoms with Gasteiger partial charge in [0.1, 0.15) is 11.3 Å². The van der Waals surface area contributed by atoms with E-state index < -0.39 is 17.1 Å². The van der Waals surface area contributed by atoms with Crippen LogP contribution in [0, 0.1) is 0 Å². The van der Waals surface area contributed by atoms with E-state index in [-0.39, 0.29) is 11.1 Å². The lowest BCUT2D eigenvalue weighted by Gasteiger charge is -2.25. The molecule has 0 atom stereocenters. The fourth-order valence-electron chi connectivity index (χ4n) is 4.56. The largest absolute Gasteiger partial charge is 0.506 e. The maximum atomic E-state index is 13.5. The molecule has 0 saturated heterocycles. The standard InChI is InChI=1S/C31H26N2O5/c1-32-25-19-27(38-3)26(37-2)18-24(25)30(35)28(31(32)36)29(34)20-14-16-23(17-15-20)33(21-10-6-4-7-11-21)22-12-8-5-9-13-22/h4-19,35H,1-3H3. The second kappa shape index (κ2) is 10.1. The minimum atomic E-state index is -0.605. The summed E-state index contributed by atoms with van der Waals surface area (Å²) in [5.41, 5.74) is 2.55. The molecule has 0 aliphatic rings. The van der Waals surface area contributed by atoms with Gasteiger partial charge in [0, 0.05) is 41.1 Å². The average Bonchev–Trinajstić information content (AvgIpc) is 2.97.